The summed E-state index contributed by atoms with van der Waals surface area (Å²) in [6.07, 6.45) is 1.25. The summed E-state index contributed by atoms with van der Waals surface area (Å²) in [5.74, 6) is 1.30. The van der Waals surface area contributed by atoms with Crippen LogP contribution in [0.5, 0.6) is 0 Å². The second-order valence-electron chi connectivity index (χ2n) is 6.04. The highest BCUT2D eigenvalue weighted by molar-refractivity contribution is 5.85. The Hall–Kier alpha value is -0.570. The number of likely N-dealkylation sites (tertiary alicyclic amines) is 1. The Morgan fingerprint density at radius 3 is 2.32 bits per heavy atom. The monoisotopic (exact) mass is 282 g/mol. The zero-order valence-corrected chi connectivity index (χ0v) is 13.1. The van der Waals surface area contributed by atoms with E-state index in [1.165, 1.54) is 24.1 Å². The second-order valence-corrected chi connectivity index (χ2v) is 6.04. The SMILES string of the molecule is CC(C)c1ccc(CN2CCC(C(C)N)C2)cc1.Cl. The van der Waals surface area contributed by atoms with Gasteiger partial charge in [0.05, 0.1) is 0 Å². The van der Waals surface area contributed by atoms with Crippen LogP contribution in [0.4, 0.5) is 0 Å². The van der Waals surface area contributed by atoms with Gasteiger partial charge in [0.25, 0.3) is 0 Å². The van der Waals surface area contributed by atoms with Crippen molar-refractivity contribution >= 4 is 12.4 Å². The van der Waals surface area contributed by atoms with Gasteiger partial charge in [0.15, 0.2) is 0 Å². The predicted molar refractivity (Wildman–Crippen MR) is 84.8 cm³/mol. The lowest BCUT2D eigenvalue weighted by Gasteiger charge is -2.18. The van der Waals surface area contributed by atoms with E-state index in [-0.39, 0.29) is 12.4 Å². The maximum absolute atomic E-state index is 5.98. The Kier molecular flexibility index (Phi) is 6.31. The third-order valence-corrected chi connectivity index (χ3v) is 4.10. The largest absolute Gasteiger partial charge is 0.328 e. The minimum absolute atomic E-state index is 0. The smallest absolute Gasteiger partial charge is 0.0233 e. The van der Waals surface area contributed by atoms with Gasteiger partial charge in [-0.25, -0.2) is 0 Å². The molecular formula is C16H27ClN2. The first-order valence-corrected chi connectivity index (χ1v) is 7.13. The molecule has 1 aromatic rings. The number of hydrogen-bond donors (Lipinski definition) is 1. The first-order valence-electron chi connectivity index (χ1n) is 7.13. The first kappa shape index (κ1) is 16.5. The highest BCUT2D eigenvalue weighted by atomic mass is 35.5. The van der Waals surface area contributed by atoms with Gasteiger partial charge in [0, 0.05) is 19.1 Å². The van der Waals surface area contributed by atoms with Gasteiger partial charge in [0.2, 0.25) is 0 Å². The van der Waals surface area contributed by atoms with Crippen LogP contribution < -0.4 is 5.73 Å². The minimum atomic E-state index is 0. The van der Waals surface area contributed by atoms with E-state index in [9.17, 15) is 0 Å². The van der Waals surface area contributed by atoms with Crippen molar-refractivity contribution in [1.82, 2.24) is 4.90 Å². The molecule has 2 atom stereocenters. The van der Waals surface area contributed by atoms with Crippen LogP contribution in [-0.4, -0.2) is 24.0 Å². The number of benzene rings is 1. The van der Waals surface area contributed by atoms with Crippen molar-refractivity contribution in [2.75, 3.05) is 13.1 Å². The molecule has 0 bridgehead atoms. The molecule has 108 valence electrons. The summed E-state index contributed by atoms with van der Waals surface area (Å²) in [6, 6.07) is 9.40. The van der Waals surface area contributed by atoms with Gasteiger partial charge in [-0.1, -0.05) is 38.1 Å². The Balaban J connectivity index is 0.00000180. The maximum Gasteiger partial charge on any atom is 0.0233 e. The molecule has 0 aliphatic carbocycles. The van der Waals surface area contributed by atoms with E-state index >= 15 is 0 Å². The standard InChI is InChI=1S/C16H26N2.ClH/c1-12(2)15-6-4-14(5-7-15)10-18-9-8-16(11-18)13(3)17;/h4-7,12-13,16H,8-11,17H2,1-3H3;1H. The molecular weight excluding hydrogens is 256 g/mol. The van der Waals surface area contributed by atoms with Crippen molar-refractivity contribution in [3.63, 3.8) is 0 Å². The molecule has 0 amide bonds. The van der Waals surface area contributed by atoms with Crippen molar-refractivity contribution < 1.29 is 0 Å². The van der Waals surface area contributed by atoms with E-state index in [2.05, 4.69) is 49.9 Å². The average molecular weight is 283 g/mol. The Labute approximate surface area is 123 Å². The Bertz CT molecular complexity index is 373. The van der Waals surface area contributed by atoms with Crippen molar-refractivity contribution in [2.45, 2.75) is 45.7 Å². The number of halogens is 1. The van der Waals surface area contributed by atoms with Crippen molar-refractivity contribution in [3.8, 4) is 0 Å². The van der Waals surface area contributed by atoms with Gasteiger partial charge in [0.1, 0.15) is 0 Å². The molecule has 0 saturated carbocycles. The van der Waals surface area contributed by atoms with Gasteiger partial charge in [-0.05, 0) is 42.9 Å². The summed E-state index contributed by atoms with van der Waals surface area (Å²) in [6.45, 7) is 10.0. The zero-order chi connectivity index (χ0) is 13.1. The molecule has 0 aromatic heterocycles. The predicted octanol–water partition coefficient (Wildman–Crippen LogP) is 3.40. The zero-order valence-electron chi connectivity index (χ0n) is 12.3. The third kappa shape index (κ3) is 4.48. The van der Waals surface area contributed by atoms with Crippen LogP contribution in [0.15, 0.2) is 24.3 Å². The van der Waals surface area contributed by atoms with Crippen molar-refractivity contribution in [3.05, 3.63) is 35.4 Å². The summed E-state index contributed by atoms with van der Waals surface area (Å²) < 4.78 is 0. The summed E-state index contributed by atoms with van der Waals surface area (Å²) in [4.78, 5) is 2.53. The highest BCUT2D eigenvalue weighted by Gasteiger charge is 2.24. The topological polar surface area (TPSA) is 29.3 Å². The fraction of sp³-hybridized carbons (Fsp3) is 0.625. The van der Waals surface area contributed by atoms with Crippen LogP contribution in [0, 0.1) is 5.92 Å². The fourth-order valence-corrected chi connectivity index (χ4v) is 2.70. The van der Waals surface area contributed by atoms with Crippen LogP contribution in [0.3, 0.4) is 0 Å². The second kappa shape index (κ2) is 7.28. The maximum atomic E-state index is 5.98. The molecule has 1 fully saturated rings. The summed E-state index contributed by atoms with van der Waals surface area (Å²) in [7, 11) is 0. The summed E-state index contributed by atoms with van der Waals surface area (Å²) >= 11 is 0. The first-order chi connectivity index (χ1) is 8.56. The normalized spacial score (nSPS) is 21.4. The molecule has 1 heterocycles. The quantitative estimate of drug-likeness (QED) is 0.917. The number of nitrogens with zero attached hydrogens (tertiary/aromatic N) is 1. The summed E-state index contributed by atoms with van der Waals surface area (Å²) in [5.41, 5.74) is 8.83. The molecule has 3 heteroatoms. The fourth-order valence-electron chi connectivity index (χ4n) is 2.70. The molecule has 1 aromatic carbocycles. The minimum Gasteiger partial charge on any atom is -0.328 e. The van der Waals surface area contributed by atoms with E-state index in [1.54, 1.807) is 0 Å². The molecule has 2 N–H and O–H groups in total. The number of rotatable bonds is 4. The van der Waals surface area contributed by atoms with E-state index in [1.807, 2.05) is 0 Å². The molecule has 2 rings (SSSR count). The molecule has 1 aliphatic rings. The van der Waals surface area contributed by atoms with Gasteiger partial charge in [-0.2, -0.15) is 0 Å². The highest BCUT2D eigenvalue weighted by Crippen LogP contribution is 2.21. The number of nitrogens with two attached hydrogens (primary N) is 1. The van der Waals surface area contributed by atoms with Crippen LogP contribution >= 0.6 is 12.4 Å². The van der Waals surface area contributed by atoms with Gasteiger partial charge >= 0.3 is 0 Å². The Morgan fingerprint density at radius 2 is 1.84 bits per heavy atom. The lowest BCUT2D eigenvalue weighted by atomic mass is 10.0. The lowest BCUT2D eigenvalue weighted by Crippen LogP contribution is -2.29. The molecule has 2 unspecified atom stereocenters. The summed E-state index contributed by atoms with van der Waals surface area (Å²) in [5, 5.41) is 0. The van der Waals surface area contributed by atoms with Crippen LogP contribution in [0.2, 0.25) is 0 Å². The lowest BCUT2D eigenvalue weighted by molar-refractivity contribution is 0.308. The molecule has 1 saturated heterocycles. The van der Waals surface area contributed by atoms with E-state index in [4.69, 9.17) is 5.73 Å². The van der Waals surface area contributed by atoms with Gasteiger partial charge < -0.3 is 5.73 Å². The average Bonchev–Trinajstić information content (AvgIpc) is 2.78. The molecule has 0 spiro atoms. The van der Waals surface area contributed by atoms with Crippen molar-refractivity contribution in [1.29, 1.82) is 0 Å². The van der Waals surface area contributed by atoms with Crippen LogP contribution in [-0.2, 0) is 6.54 Å². The number of hydrogen-bond acceptors (Lipinski definition) is 2. The van der Waals surface area contributed by atoms with Gasteiger partial charge in [-0.3, -0.25) is 4.90 Å². The van der Waals surface area contributed by atoms with E-state index in [0.717, 1.165) is 13.1 Å². The van der Waals surface area contributed by atoms with Gasteiger partial charge in [-0.15, -0.1) is 12.4 Å². The van der Waals surface area contributed by atoms with Crippen LogP contribution in [0.1, 0.15) is 44.2 Å². The van der Waals surface area contributed by atoms with E-state index < -0.39 is 0 Å². The molecule has 0 radical (unpaired) electrons. The van der Waals surface area contributed by atoms with Crippen molar-refractivity contribution in [2.24, 2.45) is 11.7 Å². The third-order valence-electron chi connectivity index (χ3n) is 4.10. The Morgan fingerprint density at radius 1 is 1.21 bits per heavy atom. The molecule has 19 heavy (non-hydrogen) atoms. The van der Waals surface area contributed by atoms with Crippen LogP contribution in [0.25, 0.3) is 0 Å². The molecule has 1 aliphatic heterocycles. The van der Waals surface area contributed by atoms with E-state index in [0.29, 0.717) is 17.9 Å². The molecule has 2 nitrogen and oxygen atoms in total.